The van der Waals surface area contributed by atoms with Gasteiger partial charge in [0.05, 0.1) is 23.0 Å². The summed E-state index contributed by atoms with van der Waals surface area (Å²) in [6.45, 7) is 2.53. The van der Waals surface area contributed by atoms with E-state index in [1.54, 1.807) is 0 Å². The van der Waals surface area contributed by atoms with Gasteiger partial charge in [-0.3, -0.25) is 14.6 Å². The fourth-order valence-corrected chi connectivity index (χ4v) is 3.27. The Morgan fingerprint density at radius 2 is 1.87 bits per heavy atom. The van der Waals surface area contributed by atoms with Gasteiger partial charge in [-0.25, -0.2) is 8.78 Å². The number of carbonyl (C=O) groups excluding carboxylic acids is 1. The van der Waals surface area contributed by atoms with Crippen LogP contribution in [0.4, 0.5) is 22.0 Å². The highest BCUT2D eigenvalue weighted by Crippen LogP contribution is 2.38. The first-order chi connectivity index (χ1) is 14.0. The molecule has 0 aliphatic carbocycles. The SMILES string of the molecule is CC(C(=O)N[C@@H](C)c1ccc(F)cc1F)c1c(C(F)(F)F)c2cnccc2[nH]c1=O. The maximum atomic E-state index is 13.9. The number of amides is 1. The lowest BCUT2D eigenvalue weighted by atomic mass is 9.93. The van der Waals surface area contributed by atoms with Gasteiger partial charge in [-0.1, -0.05) is 6.07 Å². The molecule has 1 unspecified atom stereocenters. The minimum absolute atomic E-state index is 0.0513. The van der Waals surface area contributed by atoms with E-state index in [1.807, 2.05) is 0 Å². The van der Waals surface area contributed by atoms with E-state index < -0.39 is 52.4 Å². The van der Waals surface area contributed by atoms with Crippen molar-refractivity contribution in [1.82, 2.24) is 15.3 Å². The van der Waals surface area contributed by atoms with Crippen LogP contribution in [0.25, 0.3) is 10.9 Å². The third kappa shape index (κ3) is 4.03. The number of hydrogen-bond donors (Lipinski definition) is 2. The van der Waals surface area contributed by atoms with E-state index in [1.165, 1.54) is 19.2 Å². The summed E-state index contributed by atoms with van der Waals surface area (Å²) in [5.74, 6) is -4.17. The topological polar surface area (TPSA) is 74.8 Å². The van der Waals surface area contributed by atoms with Crippen molar-refractivity contribution < 1.29 is 26.7 Å². The summed E-state index contributed by atoms with van der Waals surface area (Å²) in [7, 11) is 0. The molecule has 3 aromatic rings. The monoisotopic (exact) mass is 425 g/mol. The second kappa shape index (κ2) is 7.85. The van der Waals surface area contributed by atoms with Crippen LogP contribution < -0.4 is 10.9 Å². The van der Waals surface area contributed by atoms with Gasteiger partial charge >= 0.3 is 6.18 Å². The summed E-state index contributed by atoms with van der Waals surface area (Å²) in [6.07, 6.45) is -2.74. The van der Waals surface area contributed by atoms with Crippen molar-refractivity contribution in [3.05, 3.63) is 75.3 Å². The van der Waals surface area contributed by atoms with Gasteiger partial charge in [-0.2, -0.15) is 13.2 Å². The number of fused-ring (bicyclic) bond motifs is 1. The largest absolute Gasteiger partial charge is 0.417 e. The van der Waals surface area contributed by atoms with Gasteiger partial charge in [0, 0.05) is 35.0 Å². The normalized spacial score (nSPS) is 13.8. The van der Waals surface area contributed by atoms with E-state index in [-0.39, 0.29) is 16.5 Å². The molecule has 2 heterocycles. The molecule has 2 N–H and O–H groups in total. The van der Waals surface area contributed by atoms with Gasteiger partial charge in [0.15, 0.2) is 0 Å². The minimum Gasteiger partial charge on any atom is -0.349 e. The van der Waals surface area contributed by atoms with E-state index in [0.717, 1.165) is 25.3 Å². The highest BCUT2D eigenvalue weighted by Gasteiger charge is 2.40. The van der Waals surface area contributed by atoms with Crippen LogP contribution in [-0.2, 0) is 11.0 Å². The Bertz CT molecular complexity index is 1170. The lowest BCUT2D eigenvalue weighted by Crippen LogP contribution is -2.35. The molecule has 0 saturated heterocycles. The summed E-state index contributed by atoms with van der Waals surface area (Å²) >= 11 is 0. The lowest BCUT2D eigenvalue weighted by Gasteiger charge is -2.21. The van der Waals surface area contributed by atoms with Crippen LogP contribution in [0.2, 0.25) is 0 Å². The van der Waals surface area contributed by atoms with Crippen LogP contribution in [0, 0.1) is 11.6 Å². The van der Waals surface area contributed by atoms with Crippen LogP contribution in [0.5, 0.6) is 0 Å². The number of hydrogen-bond acceptors (Lipinski definition) is 3. The van der Waals surface area contributed by atoms with Crippen molar-refractivity contribution in [3.8, 4) is 0 Å². The van der Waals surface area contributed by atoms with Crippen LogP contribution in [0.1, 0.15) is 42.5 Å². The van der Waals surface area contributed by atoms with Crippen LogP contribution >= 0.6 is 0 Å². The number of pyridine rings is 2. The maximum Gasteiger partial charge on any atom is 0.417 e. The molecule has 1 aromatic carbocycles. The fourth-order valence-electron chi connectivity index (χ4n) is 3.27. The molecule has 0 saturated carbocycles. The summed E-state index contributed by atoms with van der Waals surface area (Å²) in [6, 6.07) is 2.99. The Labute approximate surface area is 166 Å². The molecule has 0 aliphatic rings. The molecule has 0 radical (unpaired) electrons. The molecule has 1 amide bonds. The highest BCUT2D eigenvalue weighted by molar-refractivity contribution is 5.88. The third-order valence-corrected chi connectivity index (χ3v) is 4.75. The smallest absolute Gasteiger partial charge is 0.349 e. The molecule has 10 heteroatoms. The molecule has 3 rings (SSSR count). The van der Waals surface area contributed by atoms with E-state index in [9.17, 15) is 31.5 Å². The van der Waals surface area contributed by atoms with E-state index in [0.29, 0.717) is 6.07 Å². The Balaban J connectivity index is 2.02. The fraction of sp³-hybridized carbons (Fsp3) is 0.250. The zero-order valence-electron chi connectivity index (χ0n) is 15.8. The first-order valence-corrected chi connectivity index (χ1v) is 8.83. The predicted molar refractivity (Wildman–Crippen MR) is 98.7 cm³/mol. The summed E-state index contributed by atoms with van der Waals surface area (Å²) < 4.78 is 68.4. The first-order valence-electron chi connectivity index (χ1n) is 8.83. The van der Waals surface area contributed by atoms with Crippen molar-refractivity contribution in [2.45, 2.75) is 32.0 Å². The quantitative estimate of drug-likeness (QED) is 0.616. The molecule has 30 heavy (non-hydrogen) atoms. The van der Waals surface area contributed by atoms with Gasteiger partial charge in [-0.05, 0) is 26.0 Å². The van der Waals surface area contributed by atoms with E-state index in [4.69, 9.17) is 0 Å². The average Bonchev–Trinajstić information content (AvgIpc) is 2.65. The maximum absolute atomic E-state index is 13.9. The Morgan fingerprint density at radius 3 is 2.50 bits per heavy atom. The molecular weight excluding hydrogens is 409 g/mol. The predicted octanol–water partition coefficient (Wildman–Crippen LogP) is 4.20. The number of benzene rings is 1. The average molecular weight is 425 g/mol. The minimum atomic E-state index is -4.92. The van der Waals surface area contributed by atoms with Crippen molar-refractivity contribution in [2.24, 2.45) is 0 Å². The number of halogens is 5. The molecule has 0 bridgehead atoms. The van der Waals surface area contributed by atoms with Crippen molar-refractivity contribution in [2.75, 3.05) is 0 Å². The Kier molecular flexibility index (Phi) is 5.60. The lowest BCUT2D eigenvalue weighted by molar-refractivity contribution is -0.137. The van der Waals surface area contributed by atoms with Gasteiger partial charge in [0.25, 0.3) is 5.56 Å². The van der Waals surface area contributed by atoms with E-state index >= 15 is 0 Å². The number of H-pyrrole nitrogens is 1. The number of carbonyl (C=O) groups is 1. The molecule has 0 fully saturated rings. The highest BCUT2D eigenvalue weighted by atomic mass is 19.4. The van der Waals surface area contributed by atoms with Crippen molar-refractivity contribution >= 4 is 16.8 Å². The zero-order chi connectivity index (χ0) is 22.2. The molecule has 2 atom stereocenters. The Hall–Kier alpha value is -3.30. The van der Waals surface area contributed by atoms with Gasteiger partial charge < -0.3 is 10.3 Å². The number of alkyl halides is 3. The third-order valence-electron chi connectivity index (χ3n) is 4.75. The van der Waals surface area contributed by atoms with E-state index in [2.05, 4.69) is 15.3 Å². The van der Waals surface area contributed by atoms with Gasteiger partial charge in [0.2, 0.25) is 5.91 Å². The molecule has 0 spiro atoms. The summed E-state index contributed by atoms with van der Waals surface area (Å²) in [5.41, 5.74) is -3.21. The van der Waals surface area contributed by atoms with Crippen molar-refractivity contribution in [1.29, 1.82) is 0 Å². The molecular formula is C20H16F5N3O2. The number of rotatable bonds is 4. The van der Waals surface area contributed by atoms with Crippen molar-refractivity contribution in [3.63, 3.8) is 0 Å². The number of nitrogens with zero attached hydrogens (tertiary/aromatic N) is 1. The number of aromatic nitrogens is 2. The standard InChI is InChI=1S/C20H16F5N3O2/c1-9(18(29)27-10(2)12-4-3-11(21)7-14(12)22)16-17(20(23,24)25)13-8-26-6-5-15(13)28-19(16)30/h3-10H,1-2H3,(H,27,29)(H,28,30)/t9?,10-/m0/s1. The molecule has 158 valence electrons. The number of nitrogens with one attached hydrogen (secondary N) is 2. The second-order valence-electron chi connectivity index (χ2n) is 6.78. The zero-order valence-corrected chi connectivity index (χ0v) is 15.8. The first kappa shape index (κ1) is 21.4. The number of aromatic amines is 1. The summed E-state index contributed by atoms with van der Waals surface area (Å²) in [4.78, 5) is 31.1. The second-order valence-corrected chi connectivity index (χ2v) is 6.78. The molecule has 5 nitrogen and oxygen atoms in total. The molecule has 2 aromatic heterocycles. The summed E-state index contributed by atoms with van der Waals surface area (Å²) in [5, 5.41) is 2.02. The van der Waals surface area contributed by atoms with Gasteiger partial charge in [-0.15, -0.1) is 0 Å². The van der Waals surface area contributed by atoms with Crippen LogP contribution in [-0.4, -0.2) is 15.9 Å². The Morgan fingerprint density at radius 1 is 1.17 bits per heavy atom. The molecule has 0 aliphatic heterocycles. The van der Waals surface area contributed by atoms with Gasteiger partial charge in [0.1, 0.15) is 11.6 Å². The van der Waals surface area contributed by atoms with Crippen LogP contribution in [0.3, 0.4) is 0 Å². The van der Waals surface area contributed by atoms with Crippen LogP contribution in [0.15, 0.2) is 41.5 Å².